The first-order chi connectivity index (χ1) is 22.3. The molecule has 1 aliphatic rings. The van der Waals surface area contributed by atoms with E-state index >= 15 is 4.39 Å². The molecule has 0 bridgehead atoms. The Kier molecular flexibility index (Phi) is 8.39. The molecule has 242 valence electrons. The van der Waals surface area contributed by atoms with E-state index in [1.54, 1.807) is 57.4 Å². The Hall–Kier alpha value is -4.97. The summed E-state index contributed by atoms with van der Waals surface area (Å²) in [5, 5.41) is 0.917. The van der Waals surface area contributed by atoms with Crippen LogP contribution in [0.1, 0.15) is 49.5 Å². The van der Waals surface area contributed by atoms with Crippen LogP contribution in [0, 0.1) is 18.7 Å². The van der Waals surface area contributed by atoms with Crippen molar-refractivity contribution >= 4 is 56.2 Å². The van der Waals surface area contributed by atoms with E-state index in [2.05, 4.69) is 19.9 Å². The van der Waals surface area contributed by atoms with Gasteiger partial charge < -0.3 is 9.64 Å². The number of carbonyl (C=O) groups excluding carboxylic acids is 2. The Morgan fingerprint density at radius 2 is 1.85 bits per heavy atom. The molecule has 4 heterocycles. The van der Waals surface area contributed by atoms with Gasteiger partial charge in [-0.2, -0.15) is 4.99 Å². The van der Waals surface area contributed by atoms with Crippen molar-refractivity contribution in [3.8, 4) is 11.1 Å². The minimum Gasteiger partial charge on any atom is -0.442 e. The van der Waals surface area contributed by atoms with Gasteiger partial charge in [0.25, 0.3) is 10.0 Å². The lowest BCUT2D eigenvalue weighted by Crippen LogP contribution is -2.36. The molecule has 1 saturated heterocycles. The van der Waals surface area contributed by atoms with Gasteiger partial charge in [-0.15, -0.1) is 0 Å². The van der Waals surface area contributed by atoms with E-state index in [4.69, 9.17) is 4.74 Å². The second-order valence-corrected chi connectivity index (χ2v) is 14.5. The number of anilines is 1. The van der Waals surface area contributed by atoms with Crippen LogP contribution in [0.4, 0.5) is 14.9 Å². The minimum absolute atomic E-state index is 0.0368. The standard InChI is InChI=1S/C35H34FN5O5S/c1-22-7-9-26(10-8-22)47(44,45)41-20-29(27-14-24(21-42)18-38-33(27)41)25-15-28-31(11-12-37-32(28)30(36)16-25)40-13-5-6-23(19-40)17-39-34(43)46-35(2,3)4/h7-12,14-18,20-21,23H,5-6,13,19H2,1-4H3/b39-17+. The van der Waals surface area contributed by atoms with Crippen LogP contribution in [-0.4, -0.2) is 59.6 Å². The number of benzene rings is 2. The van der Waals surface area contributed by atoms with Gasteiger partial charge in [0.05, 0.1) is 4.90 Å². The first kappa shape index (κ1) is 32.0. The van der Waals surface area contributed by atoms with E-state index in [-0.39, 0.29) is 27.5 Å². The number of piperidine rings is 1. The van der Waals surface area contributed by atoms with Crippen LogP contribution in [0.2, 0.25) is 0 Å². The molecule has 6 rings (SSSR count). The number of aliphatic imine (C=N–C) groups is 1. The molecule has 0 aliphatic carbocycles. The van der Waals surface area contributed by atoms with E-state index in [0.29, 0.717) is 41.3 Å². The van der Waals surface area contributed by atoms with Gasteiger partial charge in [-0.1, -0.05) is 17.7 Å². The lowest BCUT2D eigenvalue weighted by Gasteiger charge is -2.33. The maximum absolute atomic E-state index is 15.8. The Morgan fingerprint density at radius 3 is 2.57 bits per heavy atom. The molecule has 12 heteroatoms. The quantitative estimate of drug-likeness (QED) is 0.142. The normalized spacial score (nSPS) is 15.9. The number of hydrogen-bond donors (Lipinski definition) is 0. The Balaban J connectivity index is 1.43. The number of aromatic nitrogens is 3. The van der Waals surface area contributed by atoms with Gasteiger partial charge in [-0.05, 0) is 82.5 Å². The lowest BCUT2D eigenvalue weighted by molar-refractivity contribution is 0.0604. The summed E-state index contributed by atoms with van der Waals surface area (Å²) in [6.07, 6.45) is 7.53. The predicted molar refractivity (Wildman–Crippen MR) is 179 cm³/mol. The highest BCUT2D eigenvalue weighted by atomic mass is 32.2. The predicted octanol–water partition coefficient (Wildman–Crippen LogP) is 6.97. The van der Waals surface area contributed by atoms with Crippen molar-refractivity contribution < 1.29 is 27.1 Å². The number of pyridine rings is 2. The van der Waals surface area contributed by atoms with Gasteiger partial charge in [-0.25, -0.2) is 26.6 Å². The number of carbonyl (C=O) groups is 2. The number of rotatable bonds is 6. The Bertz CT molecular complexity index is 2150. The molecule has 0 N–H and O–H groups in total. The second-order valence-electron chi connectivity index (χ2n) is 12.7. The number of fused-ring (bicyclic) bond motifs is 2. The van der Waals surface area contributed by atoms with Crippen molar-refractivity contribution in [3.63, 3.8) is 0 Å². The number of amides is 1. The summed E-state index contributed by atoms with van der Waals surface area (Å²) in [6.45, 7) is 8.44. The van der Waals surface area contributed by atoms with Gasteiger partial charge in [0.2, 0.25) is 0 Å². The molecule has 0 saturated carbocycles. The zero-order valence-corrected chi connectivity index (χ0v) is 27.3. The molecular weight excluding hydrogens is 621 g/mol. The fourth-order valence-electron chi connectivity index (χ4n) is 5.83. The summed E-state index contributed by atoms with van der Waals surface area (Å²) >= 11 is 0. The third-order valence-electron chi connectivity index (χ3n) is 8.02. The summed E-state index contributed by atoms with van der Waals surface area (Å²) in [5.74, 6) is -0.619. The summed E-state index contributed by atoms with van der Waals surface area (Å²) < 4.78 is 49.8. The van der Waals surface area contributed by atoms with Gasteiger partial charge in [0, 0.05) is 71.4 Å². The molecule has 0 radical (unpaired) electrons. The summed E-state index contributed by atoms with van der Waals surface area (Å²) in [6, 6.07) is 12.9. The van der Waals surface area contributed by atoms with E-state index < -0.39 is 27.5 Å². The Morgan fingerprint density at radius 1 is 1.09 bits per heavy atom. The van der Waals surface area contributed by atoms with E-state index in [9.17, 15) is 18.0 Å². The molecule has 1 unspecified atom stereocenters. The fraction of sp³-hybridized carbons (Fsp3) is 0.286. The van der Waals surface area contributed by atoms with Crippen LogP contribution < -0.4 is 4.90 Å². The van der Waals surface area contributed by atoms with E-state index in [1.165, 1.54) is 30.6 Å². The van der Waals surface area contributed by atoms with Crippen LogP contribution in [0.25, 0.3) is 33.1 Å². The van der Waals surface area contributed by atoms with Gasteiger partial charge in [0.15, 0.2) is 11.9 Å². The zero-order valence-electron chi connectivity index (χ0n) is 26.5. The molecule has 1 atom stereocenters. The average molecular weight is 656 g/mol. The maximum atomic E-state index is 15.8. The van der Waals surface area contributed by atoms with E-state index in [1.807, 2.05) is 13.0 Å². The number of nitrogens with zero attached hydrogens (tertiary/aromatic N) is 5. The molecule has 10 nitrogen and oxygen atoms in total. The molecule has 1 amide bonds. The number of halogens is 1. The number of hydrogen-bond acceptors (Lipinski definition) is 8. The highest BCUT2D eigenvalue weighted by molar-refractivity contribution is 7.90. The molecular formula is C35H34FN5O5S. The highest BCUT2D eigenvalue weighted by Gasteiger charge is 2.26. The summed E-state index contributed by atoms with van der Waals surface area (Å²) in [4.78, 5) is 38.7. The summed E-state index contributed by atoms with van der Waals surface area (Å²) in [7, 11) is -4.09. The third kappa shape index (κ3) is 6.50. The third-order valence-corrected chi connectivity index (χ3v) is 9.68. The van der Waals surface area contributed by atoms with Crippen molar-refractivity contribution in [2.45, 2.75) is 51.0 Å². The molecule has 47 heavy (non-hydrogen) atoms. The van der Waals surface area contributed by atoms with Crippen LogP contribution in [0.5, 0.6) is 0 Å². The van der Waals surface area contributed by atoms with Crippen LogP contribution in [0.3, 0.4) is 0 Å². The van der Waals surface area contributed by atoms with Crippen molar-refractivity contribution in [2.24, 2.45) is 10.9 Å². The Labute approximate surface area is 272 Å². The van der Waals surface area contributed by atoms with Crippen LogP contribution in [0.15, 0.2) is 77.0 Å². The lowest BCUT2D eigenvalue weighted by atomic mass is 9.97. The van der Waals surface area contributed by atoms with Crippen molar-refractivity contribution in [1.82, 2.24) is 13.9 Å². The minimum atomic E-state index is -4.09. The maximum Gasteiger partial charge on any atom is 0.433 e. The van der Waals surface area contributed by atoms with Crippen molar-refractivity contribution in [3.05, 3.63) is 84.1 Å². The van der Waals surface area contributed by atoms with Crippen LogP contribution in [-0.2, 0) is 14.8 Å². The average Bonchev–Trinajstić information content (AvgIpc) is 3.43. The fourth-order valence-corrected chi connectivity index (χ4v) is 7.16. The van der Waals surface area contributed by atoms with Gasteiger partial charge in [-0.3, -0.25) is 9.78 Å². The van der Waals surface area contributed by atoms with Gasteiger partial charge >= 0.3 is 6.09 Å². The number of ether oxygens (including phenoxy) is 1. The van der Waals surface area contributed by atoms with Crippen molar-refractivity contribution in [1.29, 1.82) is 0 Å². The number of aldehydes is 1. The van der Waals surface area contributed by atoms with Crippen molar-refractivity contribution in [2.75, 3.05) is 18.0 Å². The molecule has 2 aromatic carbocycles. The summed E-state index contributed by atoms with van der Waals surface area (Å²) in [5.41, 5.74) is 2.32. The molecule has 3 aromatic heterocycles. The highest BCUT2D eigenvalue weighted by Crippen LogP contribution is 2.38. The zero-order chi connectivity index (χ0) is 33.5. The first-order valence-corrected chi connectivity index (χ1v) is 16.7. The molecule has 0 spiro atoms. The topological polar surface area (TPSA) is 124 Å². The largest absolute Gasteiger partial charge is 0.442 e. The van der Waals surface area contributed by atoms with Gasteiger partial charge in [0.1, 0.15) is 16.9 Å². The monoisotopic (exact) mass is 655 g/mol. The van der Waals surface area contributed by atoms with E-state index in [0.717, 1.165) is 28.1 Å². The molecule has 1 fully saturated rings. The van der Waals surface area contributed by atoms with Crippen LogP contribution >= 0.6 is 0 Å². The first-order valence-electron chi connectivity index (χ1n) is 15.2. The molecule has 5 aromatic rings. The smallest absolute Gasteiger partial charge is 0.433 e. The SMILES string of the molecule is Cc1ccc(S(=O)(=O)n2cc(-c3cc(F)c4nccc(N5CCCC(/C=N/C(=O)OC(C)(C)C)C5)c4c3)c3cc(C=O)cnc32)cc1. The second kappa shape index (κ2) is 12.3. The number of aryl methyl sites for hydroxylation is 1. The molecule has 1 aliphatic heterocycles.